The van der Waals surface area contributed by atoms with Gasteiger partial charge in [0.1, 0.15) is 29.7 Å². The van der Waals surface area contributed by atoms with Crippen molar-refractivity contribution in [1.82, 2.24) is 5.16 Å². The minimum absolute atomic E-state index is 0.0343. The van der Waals surface area contributed by atoms with E-state index in [2.05, 4.69) is 9.89 Å². The standard InChI is InChI=1S/C18H14F2N2O4/c19-13-5-11(6-14(20)7-13)9-24-15-3-1-12(2-4-15)17-8-16(26-22-17)10-25-18(21)23/h1-8H,9-10H2,(H2,21,23). The van der Waals surface area contributed by atoms with Crippen molar-refractivity contribution in [2.45, 2.75) is 13.2 Å². The predicted molar refractivity (Wildman–Crippen MR) is 87.0 cm³/mol. The van der Waals surface area contributed by atoms with Crippen LogP contribution in [0.2, 0.25) is 0 Å². The molecule has 1 amide bonds. The zero-order chi connectivity index (χ0) is 18.5. The third kappa shape index (κ3) is 4.56. The molecule has 1 aromatic heterocycles. The Hall–Kier alpha value is -3.42. The van der Waals surface area contributed by atoms with E-state index in [-0.39, 0.29) is 13.2 Å². The molecule has 0 aliphatic rings. The van der Waals surface area contributed by atoms with E-state index < -0.39 is 17.7 Å². The lowest BCUT2D eigenvalue weighted by Gasteiger charge is -2.07. The molecule has 2 aromatic carbocycles. The molecule has 1 heterocycles. The summed E-state index contributed by atoms with van der Waals surface area (Å²) < 4.78 is 41.5. The monoisotopic (exact) mass is 360 g/mol. The van der Waals surface area contributed by atoms with Gasteiger partial charge in [-0.25, -0.2) is 13.6 Å². The van der Waals surface area contributed by atoms with E-state index in [0.717, 1.165) is 11.6 Å². The Balaban J connectivity index is 1.62. The van der Waals surface area contributed by atoms with Crippen molar-refractivity contribution in [3.05, 3.63) is 71.5 Å². The van der Waals surface area contributed by atoms with E-state index in [0.29, 0.717) is 22.8 Å². The van der Waals surface area contributed by atoms with Gasteiger partial charge in [-0.2, -0.15) is 0 Å². The van der Waals surface area contributed by atoms with Crippen LogP contribution in [0.3, 0.4) is 0 Å². The number of rotatable bonds is 6. The smallest absolute Gasteiger partial charge is 0.404 e. The van der Waals surface area contributed by atoms with Gasteiger partial charge in [-0.15, -0.1) is 0 Å². The highest BCUT2D eigenvalue weighted by Gasteiger charge is 2.08. The predicted octanol–water partition coefficient (Wildman–Crippen LogP) is 3.79. The van der Waals surface area contributed by atoms with Crippen LogP contribution in [0.5, 0.6) is 5.75 Å². The molecule has 3 aromatic rings. The number of amides is 1. The Labute approximate surface area is 147 Å². The number of nitrogens with two attached hydrogens (primary N) is 1. The average Bonchev–Trinajstić information content (AvgIpc) is 3.07. The molecule has 0 radical (unpaired) electrons. The van der Waals surface area contributed by atoms with E-state index >= 15 is 0 Å². The summed E-state index contributed by atoms with van der Waals surface area (Å²) in [5.74, 6) is -0.423. The van der Waals surface area contributed by atoms with Crippen LogP contribution in [-0.4, -0.2) is 11.2 Å². The maximum Gasteiger partial charge on any atom is 0.404 e. The molecule has 0 unspecified atom stereocenters. The topological polar surface area (TPSA) is 87.6 Å². The largest absolute Gasteiger partial charge is 0.489 e. The molecular formula is C18H14F2N2O4. The summed E-state index contributed by atoms with van der Waals surface area (Å²) in [6.07, 6.45) is -0.900. The first kappa shape index (κ1) is 17.4. The van der Waals surface area contributed by atoms with Gasteiger partial charge >= 0.3 is 6.09 Å². The van der Waals surface area contributed by atoms with Crippen molar-refractivity contribution in [2.24, 2.45) is 5.73 Å². The minimum Gasteiger partial charge on any atom is -0.489 e. The van der Waals surface area contributed by atoms with Crippen LogP contribution in [-0.2, 0) is 18.0 Å². The number of carbonyl (C=O) groups is 1. The van der Waals surface area contributed by atoms with Gasteiger partial charge in [-0.1, -0.05) is 5.16 Å². The van der Waals surface area contributed by atoms with E-state index in [4.69, 9.17) is 15.0 Å². The number of nitrogens with zero attached hydrogens (tertiary/aromatic N) is 1. The van der Waals surface area contributed by atoms with Crippen molar-refractivity contribution in [3.8, 4) is 17.0 Å². The zero-order valence-corrected chi connectivity index (χ0v) is 13.4. The molecule has 6 nitrogen and oxygen atoms in total. The molecule has 0 saturated heterocycles. The second kappa shape index (κ2) is 7.64. The van der Waals surface area contributed by atoms with Crippen molar-refractivity contribution in [2.75, 3.05) is 0 Å². The second-order valence-electron chi connectivity index (χ2n) is 5.38. The zero-order valence-electron chi connectivity index (χ0n) is 13.4. The van der Waals surface area contributed by atoms with Gasteiger partial charge < -0.3 is 19.7 Å². The highest BCUT2D eigenvalue weighted by atomic mass is 19.1. The van der Waals surface area contributed by atoms with Crippen molar-refractivity contribution in [1.29, 1.82) is 0 Å². The summed E-state index contributed by atoms with van der Waals surface area (Å²) in [6, 6.07) is 11.7. The van der Waals surface area contributed by atoms with Crippen LogP contribution in [0.1, 0.15) is 11.3 Å². The maximum atomic E-state index is 13.1. The summed E-state index contributed by atoms with van der Waals surface area (Å²) in [4.78, 5) is 10.6. The summed E-state index contributed by atoms with van der Waals surface area (Å²) in [7, 11) is 0. The molecule has 0 bridgehead atoms. The number of carbonyl (C=O) groups excluding carboxylic acids is 1. The van der Waals surface area contributed by atoms with Gasteiger partial charge in [0.15, 0.2) is 12.4 Å². The Morgan fingerprint density at radius 1 is 1.04 bits per heavy atom. The Morgan fingerprint density at radius 2 is 1.73 bits per heavy atom. The number of halogens is 2. The Kier molecular flexibility index (Phi) is 5.12. The van der Waals surface area contributed by atoms with Gasteiger partial charge in [0.2, 0.25) is 0 Å². The fourth-order valence-corrected chi connectivity index (χ4v) is 2.24. The first-order chi connectivity index (χ1) is 12.5. The number of hydrogen-bond donors (Lipinski definition) is 1. The third-order valence-electron chi connectivity index (χ3n) is 3.39. The van der Waals surface area contributed by atoms with E-state index in [9.17, 15) is 13.6 Å². The molecule has 0 fully saturated rings. The first-order valence-electron chi connectivity index (χ1n) is 7.55. The summed E-state index contributed by atoms with van der Waals surface area (Å²) in [6.45, 7) is -0.0691. The molecule has 3 rings (SSSR count). The van der Waals surface area contributed by atoms with E-state index in [1.54, 1.807) is 30.3 Å². The number of ether oxygens (including phenoxy) is 2. The van der Waals surface area contributed by atoms with Gasteiger partial charge in [-0.05, 0) is 42.0 Å². The van der Waals surface area contributed by atoms with Crippen LogP contribution >= 0.6 is 0 Å². The van der Waals surface area contributed by atoms with Crippen molar-refractivity contribution >= 4 is 6.09 Å². The Bertz CT molecular complexity index is 890. The third-order valence-corrected chi connectivity index (χ3v) is 3.39. The Morgan fingerprint density at radius 3 is 2.38 bits per heavy atom. The number of benzene rings is 2. The van der Waals surface area contributed by atoms with Crippen LogP contribution < -0.4 is 10.5 Å². The quantitative estimate of drug-likeness (QED) is 0.722. The molecule has 0 aliphatic carbocycles. The second-order valence-corrected chi connectivity index (χ2v) is 5.38. The molecule has 0 spiro atoms. The lowest BCUT2D eigenvalue weighted by Crippen LogP contribution is -2.12. The van der Waals surface area contributed by atoms with Gasteiger partial charge in [-0.3, -0.25) is 0 Å². The molecule has 134 valence electrons. The molecule has 8 heteroatoms. The van der Waals surface area contributed by atoms with Gasteiger partial charge in [0, 0.05) is 17.7 Å². The average molecular weight is 360 g/mol. The van der Waals surface area contributed by atoms with Crippen LogP contribution in [0, 0.1) is 11.6 Å². The maximum absolute atomic E-state index is 13.1. The lowest BCUT2D eigenvalue weighted by atomic mass is 10.1. The highest BCUT2D eigenvalue weighted by Crippen LogP contribution is 2.23. The van der Waals surface area contributed by atoms with Crippen molar-refractivity contribution < 1.29 is 27.6 Å². The van der Waals surface area contributed by atoms with E-state index in [1.165, 1.54) is 12.1 Å². The van der Waals surface area contributed by atoms with Gasteiger partial charge in [0.25, 0.3) is 0 Å². The molecule has 0 aliphatic heterocycles. The normalized spacial score (nSPS) is 10.5. The van der Waals surface area contributed by atoms with Crippen LogP contribution in [0.25, 0.3) is 11.3 Å². The number of aromatic nitrogens is 1. The highest BCUT2D eigenvalue weighted by molar-refractivity contribution is 5.64. The lowest BCUT2D eigenvalue weighted by molar-refractivity contribution is 0.137. The molecule has 0 atom stereocenters. The number of primary amides is 1. The summed E-state index contributed by atoms with van der Waals surface area (Å²) >= 11 is 0. The molecular weight excluding hydrogens is 346 g/mol. The fraction of sp³-hybridized carbons (Fsp3) is 0.111. The van der Waals surface area contributed by atoms with Gasteiger partial charge in [0.05, 0.1) is 0 Å². The summed E-state index contributed by atoms with van der Waals surface area (Å²) in [5.41, 5.74) is 6.58. The number of hydrogen-bond acceptors (Lipinski definition) is 5. The molecule has 26 heavy (non-hydrogen) atoms. The van der Waals surface area contributed by atoms with E-state index in [1.807, 2.05) is 0 Å². The molecule has 2 N–H and O–H groups in total. The first-order valence-corrected chi connectivity index (χ1v) is 7.55. The SMILES string of the molecule is NC(=O)OCc1cc(-c2ccc(OCc3cc(F)cc(F)c3)cc2)no1. The van der Waals surface area contributed by atoms with Crippen LogP contribution in [0.4, 0.5) is 13.6 Å². The minimum atomic E-state index is -0.900. The van der Waals surface area contributed by atoms with Crippen molar-refractivity contribution in [3.63, 3.8) is 0 Å². The van der Waals surface area contributed by atoms with Crippen LogP contribution in [0.15, 0.2) is 53.1 Å². The molecule has 0 saturated carbocycles. The summed E-state index contributed by atoms with van der Waals surface area (Å²) in [5, 5.41) is 3.88. The fourth-order valence-electron chi connectivity index (χ4n) is 2.24.